The number of alkyl halides is 3. The maximum absolute atomic E-state index is 12.2. The second kappa shape index (κ2) is 4.23. The van der Waals surface area contributed by atoms with Gasteiger partial charge in [-0.3, -0.25) is 0 Å². The third kappa shape index (κ3) is 2.96. The first-order chi connectivity index (χ1) is 6.82. The number of hydrogen-bond donors (Lipinski definition) is 1. The van der Waals surface area contributed by atoms with E-state index in [9.17, 15) is 13.2 Å². The Kier molecular flexibility index (Phi) is 3.39. The Hall–Kier alpha value is -1.03. The fraction of sp³-hybridized carbons (Fsp3) is 0.455. The quantitative estimate of drug-likeness (QED) is 0.806. The van der Waals surface area contributed by atoms with Crippen LogP contribution in [0.1, 0.15) is 37.0 Å². The Morgan fingerprint density at radius 1 is 1.13 bits per heavy atom. The third-order valence-electron chi connectivity index (χ3n) is 2.20. The van der Waals surface area contributed by atoms with Crippen LogP contribution in [-0.4, -0.2) is 11.3 Å². The summed E-state index contributed by atoms with van der Waals surface area (Å²) >= 11 is 0. The molecule has 15 heavy (non-hydrogen) atoms. The number of benzene rings is 1. The Balaban J connectivity index is 3.00. The van der Waals surface area contributed by atoms with Crippen LogP contribution in [0.5, 0.6) is 0 Å². The van der Waals surface area contributed by atoms with Crippen LogP contribution in [0.4, 0.5) is 13.2 Å². The van der Waals surface area contributed by atoms with E-state index >= 15 is 0 Å². The molecular formula is C11H13F3O. The van der Waals surface area contributed by atoms with Crippen LogP contribution in [-0.2, 0) is 0 Å². The molecule has 1 rings (SSSR count). The van der Waals surface area contributed by atoms with Gasteiger partial charge in [0, 0.05) is 0 Å². The average Bonchev–Trinajstić information content (AvgIpc) is 2.15. The molecule has 0 unspecified atom stereocenters. The maximum Gasteiger partial charge on any atom is 0.418 e. The third-order valence-corrected chi connectivity index (χ3v) is 2.20. The second-order valence-electron chi connectivity index (χ2n) is 3.77. The lowest BCUT2D eigenvalue weighted by Crippen LogP contribution is -2.20. The van der Waals surface area contributed by atoms with Crippen molar-refractivity contribution in [3.05, 3.63) is 35.4 Å². The molecule has 0 heterocycles. The highest BCUT2D eigenvalue weighted by molar-refractivity contribution is 5.27. The van der Waals surface area contributed by atoms with Crippen LogP contribution in [0.3, 0.4) is 0 Å². The molecule has 0 aromatic heterocycles. The molecule has 0 aliphatic carbocycles. The summed E-state index contributed by atoms with van der Waals surface area (Å²) in [5, 5.41) is 9.04. The van der Waals surface area contributed by atoms with Crippen LogP contribution in [0, 0.1) is 0 Å². The van der Waals surface area contributed by atoms with Gasteiger partial charge in [-0.15, -0.1) is 0 Å². The molecule has 1 aromatic rings. The molecule has 1 atom stereocenters. The zero-order chi connectivity index (χ0) is 11.6. The van der Waals surface area contributed by atoms with Gasteiger partial charge < -0.3 is 5.11 Å². The molecule has 84 valence electrons. The summed E-state index contributed by atoms with van der Waals surface area (Å²) in [5.74, 6) is 0.144. The minimum Gasteiger partial charge on any atom is -0.379 e. The van der Waals surface area contributed by atoms with Gasteiger partial charge in [-0.2, -0.15) is 13.2 Å². The molecule has 0 spiro atoms. The first-order valence-electron chi connectivity index (χ1n) is 4.67. The maximum atomic E-state index is 12.2. The van der Waals surface area contributed by atoms with Gasteiger partial charge in [0.1, 0.15) is 0 Å². The molecule has 1 nitrogen and oxygen atoms in total. The topological polar surface area (TPSA) is 20.2 Å². The van der Waals surface area contributed by atoms with Crippen molar-refractivity contribution in [2.45, 2.75) is 32.0 Å². The highest BCUT2D eigenvalue weighted by Crippen LogP contribution is 2.33. The lowest BCUT2D eigenvalue weighted by molar-refractivity contribution is -0.206. The van der Waals surface area contributed by atoms with Gasteiger partial charge in [-0.05, 0) is 17.0 Å². The molecule has 0 amide bonds. The van der Waals surface area contributed by atoms with Crippen LogP contribution >= 0.6 is 0 Å². The first-order valence-corrected chi connectivity index (χ1v) is 4.67. The van der Waals surface area contributed by atoms with Crippen molar-refractivity contribution in [1.29, 1.82) is 0 Å². The lowest BCUT2D eigenvalue weighted by Gasteiger charge is -2.16. The van der Waals surface area contributed by atoms with E-state index in [4.69, 9.17) is 5.11 Å². The molecule has 0 bridgehead atoms. The predicted molar refractivity (Wildman–Crippen MR) is 51.5 cm³/mol. The highest BCUT2D eigenvalue weighted by atomic mass is 19.4. The monoisotopic (exact) mass is 218 g/mol. The predicted octanol–water partition coefficient (Wildman–Crippen LogP) is 3.41. The molecule has 0 saturated heterocycles. The number of aliphatic hydroxyl groups is 1. The van der Waals surface area contributed by atoms with Crippen molar-refractivity contribution in [1.82, 2.24) is 0 Å². The van der Waals surface area contributed by atoms with Crippen molar-refractivity contribution in [3.63, 3.8) is 0 Å². The summed E-state index contributed by atoms with van der Waals surface area (Å²) in [6.07, 6.45) is -6.99. The zero-order valence-corrected chi connectivity index (χ0v) is 8.55. The summed E-state index contributed by atoms with van der Waals surface area (Å²) < 4.78 is 36.7. The molecule has 1 aromatic carbocycles. The fourth-order valence-electron chi connectivity index (χ4n) is 1.28. The van der Waals surface area contributed by atoms with Gasteiger partial charge in [0.15, 0.2) is 6.10 Å². The Morgan fingerprint density at radius 2 is 1.67 bits per heavy atom. The standard InChI is InChI=1S/C11H13F3O/c1-7(2)8-4-3-5-9(6-8)10(15)11(12,13)14/h3-7,10,15H,1-2H3/t10-/m0/s1. The van der Waals surface area contributed by atoms with E-state index in [0.717, 1.165) is 5.56 Å². The molecule has 0 aliphatic rings. The second-order valence-corrected chi connectivity index (χ2v) is 3.77. The van der Waals surface area contributed by atoms with Gasteiger partial charge in [0.05, 0.1) is 0 Å². The van der Waals surface area contributed by atoms with E-state index < -0.39 is 12.3 Å². The summed E-state index contributed by atoms with van der Waals surface area (Å²) in [6, 6.07) is 5.95. The van der Waals surface area contributed by atoms with Crippen LogP contribution in [0.2, 0.25) is 0 Å². The molecular weight excluding hydrogens is 205 g/mol. The Labute approximate surface area is 86.5 Å². The van der Waals surface area contributed by atoms with E-state index in [2.05, 4.69) is 0 Å². The van der Waals surface area contributed by atoms with Gasteiger partial charge in [-0.1, -0.05) is 38.1 Å². The molecule has 0 radical (unpaired) electrons. The Bertz CT molecular complexity index is 331. The van der Waals surface area contributed by atoms with Gasteiger partial charge in [-0.25, -0.2) is 0 Å². The average molecular weight is 218 g/mol. The number of halogens is 3. The van der Waals surface area contributed by atoms with Crippen molar-refractivity contribution in [2.75, 3.05) is 0 Å². The van der Waals surface area contributed by atoms with E-state index in [1.54, 1.807) is 6.07 Å². The summed E-state index contributed by atoms with van der Waals surface area (Å²) in [6.45, 7) is 3.78. The molecule has 0 fully saturated rings. The molecule has 0 aliphatic heterocycles. The fourth-order valence-corrected chi connectivity index (χ4v) is 1.28. The normalized spacial score (nSPS) is 14.3. The van der Waals surface area contributed by atoms with Gasteiger partial charge in [0.2, 0.25) is 0 Å². The van der Waals surface area contributed by atoms with Gasteiger partial charge in [0.25, 0.3) is 0 Å². The number of hydrogen-bond acceptors (Lipinski definition) is 1. The van der Waals surface area contributed by atoms with Crippen LogP contribution in [0.15, 0.2) is 24.3 Å². The largest absolute Gasteiger partial charge is 0.418 e. The highest BCUT2D eigenvalue weighted by Gasteiger charge is 2.39. The zero-order valence-electron chi connectivity index (χ0n) is 8.55. The van der Waals surface area contributed by atoms with Crippen molar-refractivity contribution < 1.29 is 18.3 Å². The number of aliphatic hydroxyl groups excluding tert-OH is 1. The summed E-state index contributed by atoms with van der Waals surface area (Å²) in [4.78, 5) is 0. The minimum absolute atomic E-state index is 0.103. The lowest BCUT2D eigenvalue weighted by atomic mass is 9.98. The van der Waals surface area contributed by atoms with E-state index in [0.29, 0.717) is 0 Å². The van der Waals surface area contributed by atoms with E-state index in [1.807, 2.05) is 13.8 Å². The van der Waals surface area contributed by atoms with E-state index in [-0.39, 0.29) is 11.5 Å². The molecule has 1 N–H and O–H groups in total. The van der Waals surface area contributed by atoms with Crippen molar-refractivity contribution >= 4 is 0 Å². The minimum atomic E-state index is -4.60. The molecule has 0 saturated carbocycles. The SMILES string of the molecule is CC(C)c1cccc([C@H](O)C(F)(F)F)c1. The number of rotatable bonds is 2. The Morgan fingerprint density at radius 3 is 2.13 bits per heavy atom. The summed E-state index contributed by atoms with van der Waals surface area (Å²) in [7, 11) is 0. The summed E-state index contributed by atoms with van der Waals surface area (Å²) in [5.41, 5.74) is 0.685. The van der Waals surface area contributed by atoms with Crippen LogP contribution in [0.25, 0.3) is 0 Å². The van der Waals surface area contributed by atoms with Crippen LogP contribution < -0.4 is 0 Å². The van der Waals surface area contributed by atoms with E-state index in [1.165, 1.54) is 18.2 Å². The smallest absolute Gasteiger partial charge is 0.379 e. The van der Waals surface area contributed by atoms with Crippen molar-refractivity contribution in [3.8, 4) is 0 Å². The molecule has 4 heteroatoms. The van der Waals surface area contributed by atoms with Crippen molar-refractivity contribution in [2.24, 2.45) is 0 Å². The van der Waals surface area contributed by atoms with Gasteiger partial charge >= 0.3 is 6.18 Å². The first kappa shape index (κ1) is 12.0.